The van der Waals surface area contributed by atoms with Crippen molar-refractivity contribution < 1.29 is 0 Å². The Morgan fingerprint density at radius 2 is 1.95 bits per heavy atom. The number of rotatable bonds is 4. The fraction of sp³-hybridized carbons (Fsp3) is 0.368. The van der Waals surface area contributed by atoms with E-state index in [-0.39, 0.29) is 0 Å². The summed E-state index contributed by atoms with van der Waals surface area (Å²) in [6.07, 6.45) is 14.1. The van der Waals surface area contributed by atoms with Crippen LogP contribution in [0.15, 0.2) is 70.4 Å². The summed E-state index contributed by atoms with van der Waals surface area (Å²) in [5.41, 5.74) is 10.2. The zero-order valence-electron chi connectivity index (χ0n) is 11.9. The van der Waals surface area contributed by atoms with Gasteiger partial charge in [-0.25, -0.2) is 0 Å². The van der Waals surface area contributed by atoms with Gasteiger partial charge in [-0.3, -0.25) is 0 Å². The Balaban J connectivity index is 1.77. The summed E-state index contributed by atoms with van der Waals surface area (Å²) in [5, 5.41) is 0. The second-order valence-corrected chi connectivity index (χ2v) is 5.98. The smallest absolute Gasteiger partial charge is 0.00257 e. The van der Waals surface area contributed by atoms with Crippen molar-refractivity contribution in [3.8, 4) is 0 Å². The molecule has 0 atom stereocenters. The first-order chi connectivity index (χ1) is 9.15. The minimum absolute atomic E-state index is 1.01. The molecule has 0 aliphatic heterocycles. The van der Waals surface area contributed by atoms with Crippen LogP contribution in [0.25, 0.3) is 0 Å². The lowest BCUT2D eigenvalue weighted by atomic mass is 9.83. The van der Waals surface area contributed by atoms with Crippen molar-refractivity contribution in [1.82, 2.24) is 0 Å². The molecule has 0 N–H and O–H groups in total. The van der Waals surface area contributed by atoms with E-state index in [1.165, 1.54) is 43.3 Å². The standard InChI is InChI=1S/C19H22/c1-13-11-17(12-13)14(2)7-9-16-5-4-6-19(16)18-10-8-15(18)3/h7,9,11H,1-2,4-6,8,10,12H2,3H3/b9-7+. The highest BCUT2D eigenvalue weighted by molar-refractivity contribution is 5.54. The normalized spacial score (nSPS) is 22.8. The van der Waals surface area contributed by atoms with Gasteiger partial charge in [-0.2, -0.15) is 0 Å². The van der Waals surface area contributed by atoms with Gasteiger partial charge in [0.15, 0.2) is 0 Å². The van der Waals surface area contributed by atoms with E-state index in [2.05, 4.69) is 38.3 Å². The van der Waals surface area contributed by atoms with E-state index in [9.17, 15) is 0 Å². The first kappa shape index (κ1) is 12.5. The van der Waals surface area contributed by atoms with Gasteiger partial charge in [-0.15, -0.1) is 0 Å². The molecule has 0 heterocycles. The molecule has 0 fully saturated rings. The van der Waals surface area contributed by atoms with Crippen LogP contribution in [0.3, 0.4) is 0 Å². The van der Waals surface area contributed by atoms with Crippen LogP contribution in [-0.2, 0) is 0 Å². The monoisotopic (exact) mass is 250 g/mol. The summed E-state index contributed by atoms with van der Waals surface area (Å²) in [7, 11) is 0. The van der Waals surface area contributed by atoms with Gasteiger partial charge < -0.3 is 0 Å². The van der Waals surface area contributed by atoms with E-state index < -0.39 is 0 Å². The Bertz CT molecular complexity index is 573. The SMILES string of the molecule is C=C1C=C(C(=C)/C=C/C2=C(C3=C(C)CC3)CCC2)C1. The Kier molecular flexibility index (Phi) is 3.18. The highest BCUT2D eigenvalue weighted by atomic mass is 14.3. The molecule has 3 aliphatic rings. The Morgan fingerprint density at radius 1 is 1.16 bits per heavy atom. The van der Waals surface area contributed by atoms with E-state index in [1.807, 2.05) is 0 Å². The van der Waals surface area contributed by atoms with Crippen LogP contribution in [0, 0.1) is 0 Å². The maximum atomic E-state index is 4.16. The van der Waals surface area contributed by atoms with Gasteiger partial charge in [0, 0.05) is 0 Å². The van der Waals surface area contributed by atoms with Gasteiger partial charge in [-0.1, -0.05) is 42.5 Å². The van der Waals surface area contributed by atoms with Crippen LogP contribution in [-0.4, -0.2) is 0 Å². The maximum Gasteiger partial charge on any atom is -0.00257 e. The predicted molar refractivity (Wildman–Crippen MR) is 82.9 cm³/mol. The third-order valence-corrected chi connectivity index (χ3v) is 4.58. The lowest BCUT2D eigenvalue weighted by Gasteiger charge is -2.23. The lowest BCUT2D eigenvalue weighted by molar-refractivity contribution is 0.788. The Hall–Kier alpha value is -1.56. The molecular weight excluding hydrogens is 228 g/mol. The summed E-state index contributed by atoms with van der Waals surface area (Å²) in [6.45, 7) is 10.4. The fourth-order valence-corrected chi connectivity index (χ4v) is 3.18. The highest BCUT2D eigenvalue weighted by Gasteiger charge is 2.22. The topological polar surface area (TPSA) is 0 Å². The summed E-state index contributed by atoms with van der Waals surface area (Å²) < 4.78 is 0. The van der Waals surface area contributed by atoms with Crippen molar-refractivity contribution >= 4 is 0 Å². The molecule has 19 heavy (non-hydrogen) atoms. The van der Waals surface area contributed by atoms with Crippen molar-refractivity contribution in [3.05, 3.63) is 70.4 Å². The molecule has 0 saturated heterocycles. The second kappa shape index (κ2) is 4.85. The molecule has 0 radical (unpaired) electrons. The molecular formula is C19H22. The van der Waals surface area contributed by atoms with E-state index in [0.29, 0.717) is 0 Å². The highest BCUT2D eigenvalue weighted by Crippen LogP contribution is 2.41. The van der Waals surface area contributed by atoms with E-state index in [1.54, 1.807) is 22.3 Å². The van der Waals surface area contributed by atoms with Crippen molar-refractivity contribution in [3.63, 3.8) is 0 Å². The largest absolute Gasteiger partial charge is 0.0955 e. The summed E-state index contributed by atoms with van der Waals surface area (Å²) >= 11 is 0. The van der Waals surface area contributed by atoms with Gasteiger partial charge >= 0.3 is 0 Å². The summed E-state index contributed by atoms with van der Waals surface area (Å²) in [5.74, 6) is 0. The molecule has 0 bridgehead atoms. The third kappa shape index (κ3) is 2.32. The van der Waals surface area contributed by atoms with Crippen molar-refractivity contribution in [1.29, 1.82) is 0 Å². The van der Waals surface area contributed by atoms with Gasteiger partial charge in [0.05, 0.1) is 0 Å². The van der Waals surface area contributed by atoms with Crippen LogP contribution < -0.4 is 0 Å². The zero-order chi connectivity index (χ0) is 13.4. The molecule has 0 aromatic heterocycles. The number of allylic oxidation sites excluding steroid dienone is 10. The molecule has 3 aliphatic carbocycles. The minimum Gasteiger partial charge on any atom is -0.0955 e. The van der Waals surface area contributed by atoms with Gasteiger partial charge in [0.2, 0.25) is 0 Å². The third-order valence-electron chi connectivity index (χ3n) is 4.58. The van der Waals surface area contributed by atoms with Crippen LogP contribution in [0.1, 0.15) is 45.4 Å². The minimum atomic E-state index is 1.01. The molecule has 3 rings (SSSR count). The van der Waals surface area contributed by atoms with E-state index in [0.717, 1.165) is 12.0 Å². The average Bonchev–Trinajstić information content (AvgIpc) is 2.78. The van der Waals surface area contributed by atoms with E-state index >= 15 is 0 Å². The first-order valence-electron chi connectivity index (χ1n) is 7.32. The van der Waals surface area contributed by atoms with Crippen LogP contribution >= 0.6 is 0 Å². The quantitative estimate of drug-likeness (QED) is 0.572. The predicted octanol–water partition coefficient (Wildman–Crippen LogP) is 5.58. The summed E-state index contributed by atoms with van der Waals surface area (Å²) in [6, 6.07) is 0. The Morgan fingerprint density at radius 3 is 2.53 bits per heavy atom. The molecule has 98 valence electrons. The first-order valence-corrected chi connectivity index (χ1v) is 7.32. The maximum absolute atomic E-state index is 4.16. The fourth-order valence-electron chi connectivity index (χ4n) is 3.18. The van der Waals surface area contributed by atoms with Crippen molar-refractivity contribution in [2.24, 2.45) is 0 Å². The number of hydrogen-bond acceptors (Lipinski definition) is 0. The van der Waals surface area contributed by atoms with Gasteiger partial charge in [0.1, 0.15) is 0 Å². The van der Waals surface area contributed by atoms with Gasteiger partial charge in [-0.05, 0) is 73.3 Å². The molecule has 0 spiro atoms. The van der Waals surface area contributed by atoms with Crippen LogP contribution in [0.5, 0.6) is 0 Å². The zero-order valence-corrected chi connectivity index (χ0v) is 11.9. The number of hydrogen-bond donors (Lipinski definition) is 0. The van der Waals surface area contributed by atoms with Crippen LogP contribution in [0.2, 0.25) is 0 Å². The average molecular weight is 250 g/mol. The molecule has 0 aromatic rings. The second-order valence-electron chi connectivity index (χ2n) is 5.98. The molecule has 0 amide bonds. The molecule has 0 heteroatoms. The van der Waals surface area contributed by atoms with Gasteiger partial charge in [0.25, 0.3) is 0 Å². The van der Waals surface area contributed by atoms with Crippen molar-refractivity contribution in [2.45, 2.75) is 45.4 Å². The molecule has 0 aromatic carbocycles. The molecule has 0 saturated carbocycles. The Labute approximate surface area is 116 Å². The van der Waals surface area contributed by atoms with E-state index in [4.69, 9.17) is 0 Å². The summed E-state index contributed by atoms with van der Waals surface area (Å²) in [4.78, 5) is 0. The lowest BCUT2D eigenvalue weighted by Crippen LogP contribution is -2.03. The molecule has 0 nitrogen and oxygen atoms in total. The van der Waals surface area contributed by atoms with Crippen molar-refractivity contribution in [2.75, 3.05) is 0 Å². The van der Waals surface area contributed by atoms with Crippen LogP contribution in [0.4, 0.5) is 0 Å². The molecule has 0 unspecified atom stereocenters.